The molecule has 94 valence electrons. The molecule has 0 spiro atoms. The van der Waals surface area contributed by atoms with Crippen LogP contribution in [0.15, 0.2) is 0 Å². The maximum absolute atomic E-state index is 5.74. The summed E-state index contributed by atoms with van der Waals surface area (Å²) in [5.41, 5.74) is 0. The summed E-state index contributed by atoms with van der Waals surface area (Å²) in [5, 5.41) is 0. The summed E-state index contributed by atoms with van der Waals surface area (Å²) < 4.78 is 16.8. The molecule has 2 radical (unpaired) electrons. The van der Waals surface area contributed by atoms with Crippen molar-refractivity contribution in [2.75, 3.05) is 13.2 Å². The minimum absolute atomic E-state index is 0.691. The number of unbranched alkanes of at least 4 members (excludes halogenated alkanes) is 2. The van der Waals surface area contributed by atoms with Crippen LogP contribution < -0.4 is 0 Å². The van der Waals surface area contributed by atoms with Gasteiger partial charge in [-0.2, -0.15) is 0 Å². The van der Waals surface area contributed by atoms with Gasteiger partial charge in [-0.15, -0.1) is 0 Å². The van der Waals surface area contributed by atoms with Crippen molar-refractivity contribution in [2.45, 2.75) is 65.3 Å². The van der Waals surface area contributed by atoms with E-state index in [0.29, 0.717) is 13.2 Å². The van der Waals surface area contributed by atoms with Crippen LogP contribution in [0.3, 0.4) is 0 Å². The van der Waals surface area contributed by atoms with E-state index in [0.717, 1.165) is 38.5 Å². The Kier molecular flexibility index (Phi) is 10.8. The third-order valence-corrected chi connectivity index (χ3v) is 2.73. The van der Waals surface area contributed by atoms with Gasteiger partial charge in [0.2, 0.25) is 0 Å². The van der Waals surface area contributed by atoms with E-state index >= 15 is 0 Å². The Balaban J connectivity index is 4.09. The number of rotatable bonds is 11. The SMILES string of the molecule is CCCCOC(CCC)([O][Al])OCCCC. The topological polar surface area (TPSA) is 27.7 Å². The van der Waals surface area contributed by atoms with Crippen molar-refractivity contribution in [3.8, 4) is 0 Å². The third kappa shape index (κ3) is 6.88. The van der Waals surface area contributed by atoms with Crippen LogP contribution in [0.4, 0.5) is 0 Å². The summed E-state index contributed by atoms with van der Waals surface area (Å²) in [6.45, 7) is 7.77. The number of hydrogen-bond donors (Lipinski definition) is 0. The van der Waals surface area contributed by atoms with Crippen molar-refractivity contribution in [1.82, 2.24) is 0 Å². The van der Waals surface area contributed by atoms with Crippen molar-refractivity contribution in [1.29, 1.82) is 0 Å². The van der Waals surface area contributed by atoms with Gasteiger partial charge < -0.3 is 13.3 Å². The van der Waals surface area contributed by atoms with Crippen LogP contribution in [0.2, 0.25) is 0 Å². The lowest BCUT2D eigenvalue weighted by atomic mass is 10.3. The molecule has 0 aliphatic carbocycles. The fourth-order valence-corrected chi connectivity index (χ4v) is 1.62. The molecular weight excluding hydrogens is 219 g/mol. The van der Waals surface area contributed by atoms with E-state index in [4.69, 9.17) is 13.3 Å². The molecule has 0 rings (SSSR count). The lowest BCUT2D eigenvalue weighted by Gasteiger charge is -2.33. The minimum atomic E-state index is -0.843. The van der Waals surface area contributed by atoms with Crippen molar-refractivity contribution in [3.63, 3.8) is 0 Å². The quantitative estimate of drug-likeness (QED) is 0.317. The Morgan fingerprint density at radius 1 is 0.875 bits per heavy atom. The molecule has 0 N–H and O–H groups in total. The number of ether oxygens (including phenoxy) is 2. The molecular formula is C12H25AlO3. The van der Waals surface area contributed by atoms with Crippen LogP contribution in [0.1, 0.15) is 59.3 Å². The summed E-state index contributed by atoms with van der Waals surface area (Å²) in [4.78, 5) is 0. The number of hydrogen-bond acceptors (Lipinski definition) is 3. The highest BCUT2D eigenvalue weighted by atomic mass is 27.1. The lowest BCUT2D eigenvalue weighted by Crippen LogP contribution is -2.39. The monoisotopic (exact) mass is 244 g/mol. The average Bonchev–Trinajstić information content (AvgIpc) is 2.29. The molecule has 3 nitrogen and oxygen atoms in total. The Morgan fingerprint density at radius 3 is 1.69 bits per heavy atom. The Hall–Kier alpha value is 0.412. The first-order valence-corrected chi connectivity index (χ1v) is 6.87. The van der Waals surface area contributed by atoms with Crippen LogP contribution in [-0.4, -0.2) is 35.8 Å². The van der Waals surface area contributed by atoms with E-state index in [9.17, 15) is 0 Å². The fourth-order valence-electron chi connectivity index (χ4n) is 1.36. The predicted octanol–water partition coefficient (Wildman–Crippen LogP) is 3.17. The van der Waals surface area contributed by atoms with Gasteiger partial charge in [-0.1, -0.05) is 33.6 Å². The van der Waals surface area contributed by atoms with Crippen molar-refractivity contribution in [2.24, 2.45) is 0 Å². The van der Waals surface area contributed by atoms with Gasteiger partial charge in [-0.3, -0.25) is 0 Å². The normalized spacial score (nSPS) is 11.9. The van der Waals surface area contributed by atoms with Crippen LogP contribution in [0.25, 0.3) is 0 Å². The third-order valence-electron chi connectivity index (χ3n) is 2.38. The summed E-state index contributed by atoms with van der Waals surface area (Å²) in [7, 11) is 0. The molecule has 16 heavy (non-hydrogen) atoms. The van der Waals surface area contributed by atoms with Crippen LogP contribution >= 0.6 is 0 Å². The Labute approximate surface area is 109 Å². The molecule has 0 saturated carbocycles. The highest BCUT2D eigenvalue weighted by Gasteiger charge is 2.29. The van der Waals surface area contributed by atoms with Crippen molar-refractivity contribution < 1.29 is 13.3 Å². The van der Waals surface area contributed by atoms with E-state index in [1.54, 1.807) is 0 Å². The molecule has 0 unspecified atom stereocenters. The second-order valence-electron chi connectivity index (χ2n) is 3.95. The fraction of sp³-hybridized carbons (Fsp3) is 1.00. The largest absolute Gasteiger partial charge is 0.472 e. The zero-order valence-corrected chi connectivity index (χ0v) is 12.1. The summed E-state index contributed by atoms with van der Waals surface area (Å²) >= 11 is 2.27. The molecule has 0 saturated heterocycles. The predicted molar refractivity (Wildman–Crippen MR) is 66.2 cm³/mol. The van der Waals surface area contributed by atoms with E-state index in [1.165, 1.54) is 0 Å². The highest BCUT2D eigenvalue weighted by molar-refractivity contribution is 5.98. The molecule has 0 bridgehead atoms. The van der Waals surface area contributed by atoms with Gasteiger partial charge in [-0.05, 0) is 19.3 Å². The average molecular weight is 244 g/mol. The Morgan fingerprint density at radius 2 is 1.38 bits per heavy atom. The highest BCUT2D eigenvalue weighted by Crippen LogP contribution is 2.21. The van der Waals surface area contributed by atoms with Gasteiger partial charge in [0.1, 0.15) is 0 Å². The van der Waals surface area contributed by atoms with E-state index < -0.39 is 5.97 Å². The van der Waals surface area contributed by atoms with E-state index in [-0.39, 0.29) is 0 Å². The second-order valence-corrected chi connectivity index (χ2v) is 4.19. The molecule has 0 aromatic carbocycles. The molecule has 0 aliphatic heterocycles. The molecule has 0 amide bonds. The molecule has 0 aromatic rings. The molecule has 4 heteroatoms. The van der Waals surface area contributed by atoms with Crippen LogP contribution in [0.5, 0.6) is 0 Å². The minimum Gasteiger partial charge on any atom is -0.472 e. The smallest absolute Gasteiger partial charge is 0.378 e. The van der Waals surface area contributed by atoms with E-state index in [1.807, 2.05) is 0 Å². The van der Waals surface area contributed by atoms with Gasteiger partial charge >= 0.3 is 16.6 Å². The summed E-state index contributed by atoms with van der Waals surface area (Å²) in [6, 6.07) is 0. The van der Waals surface area contributed by atoms with Gasteiger partial charge in [0, 0.05) is 6.42 Å². The van der Waals surface area contributed by atoms with Crippen molar-refractivity contribution in [3.05, 3.63) is 0 Å². The zero-order valence-electron chi connectivity index (χ0n) is 11.0. The second kappa shape index (κ2) is 10.6. The van der Waals surface area contributed by atoms with Gasteiger partial charge in [0.15, 0.2) is 0 Å². The molecule has 0 aliphatic rings. The first-order chi connectivity index (χ1) is 7.74. The maximum atomic E-state index is 5.74. The molecule has 0 heterocycles. The lowest BCUT2D eigenvalue weighted by molar-refractivity contribution is -0.347. The van der Waals surface area contributed by atoms with Gasteiger partial charge in [0.25, 0.3) is 5.97 Å². The molecule has 0 aromatic heterocycles. The first-order valence-electron chi connectivity index (χ1n) is 6.40. The summed E-state index contributed by atoms with van der Waals surface area (Å²) in [6.07, 6.45) is 6.06. The maximum Gasteiger partial charge on any atom is 0.378 e. The van der Waals surface area contributed by atoms with Crippen LogP contribution in [0, 0.1) is 0 Å². The molecule has 0 atom stereocenters. The first kappa shape index (κ1) is 16.4. The zero-order chi connectivity index (χ0) is 12.3. The van der Waals surface area contributed by atoms with E-state index in [2.05, 4.69) is 37.4 Å². The molecule has 0 fully saturated rings. The standard InChI is InChI=1S/C12H25O3.Al/c1-4-7-10-14-12(13,9-6-3)15-11-8-5-2;/h4-11H2,1-3H3;/q-1;+1. The van der Waals surface area contributed by atoms with Crippen LogP contribution in [-0.2, 0) is 13.3 Å². The summed E-state index contributed by atoms with van der Waals surface area (Å²) in [5.74, 6) is -0.843. The van der Waals surface area contributed by atoms with Gasteiger partial charge in [-0.25, -0.2) is 0 Å². The van der Waals surface area contributed by atoms with Crippen molar-refractivity contribution >= 4 is 16.6 Å². The van der Waals surface area contributed by atoms with Gasteiger partial charge in [0.05, 0.1) is 13.2 Å². The Bertz CT molecular complexity index is 143.